The largest absolute Gasteiger partial charge is 0.259 e. The fourth-order valence-corrected chi connectivity index (χ4v) is 3.54. The summed E-state index contributed by atoms with van der Waals surface area (Å²) >= 11 is 1.06. The third-order valence-corrected chi connectivity index (χ3v) is 4.97. The summed E-state index contributed by atoms with van der Waals surface area (Å²) in [6.07, 6.45) is 2.81. The lowest BCUT2D eigenvalue weighted by Crippen LogP contribution is -1.94. The molecule has 0 saturated heterocycles. The molecule has 8 heteroatoms. The number of allylic oxidation sites excluding steroid dienone is 2. The van der Waals surface area contributed by atoms with Crippen molar-refractivity contribution in [3.8, 4) is 0 Å². The van der Waals surface area contributed by atoms with Crippen LogP contribution < -0.4 is 0 Å². The summed E-state index contributed by atoms with van der Waals surface area (Å²) in [7, 11) is -3.67. The van der Waals surface area contributed by atoms with E-state index in [-0.39, 0.29) is 4.34 Å². The van der Waals surface area contributed by atoms with Crippen LogP contribution in [0.5, 0.6) is 0 Å². The van der Waals surface area contributed by atoms with Crippen molar-refractivity contribution < 1.29 is 13.3 Å². The van der Waals surface area contributed by atoms with Crippen molar-refractivity contribution in [1.82, 2.24) is 4.98 Å². The lowest BCUT2D eigenvalue weighted by Gasteiger charge is -1.89. The molecule has 1 aromatic carbocycles. The predicted molar refractivity (Wildman–Crippen MR) is 72.1 cm³/mol. The van der Waals surface area contributed by atoms with E-state index in [4.69, 9.17) is 0 Å². The molecule has 0 bridgehead atoms. The molecule has 0 spiro atoms. The normalized spacial score (nSPS) is 12.6. The van der Waals surface area contributed by atoms with Crippen molar-refractivity contribution in [3.05, 3.63) is 58.1 Å². The second kappa shape index (κ2) is 5.29. The first-order chi connectivity index (χ1) is 8.99. The molecule has 19 heavy (non-hydrogen) atoms. The average Bonchev–Trinajstić information content (AvgIpc) is 2.79. The SMILES string of the molecule is O=[N+]([O-])C=CC=CS(=O)(=O)c1nc2ccccc2s1. The molecule has 98 valence electrons. The van der Waals surface area contributed by atoms with Gasteiger partial charge in [-0.2, -0.15) is 0 Å². The highest BCUT2D eigenvalue weighted by atomic mass is 32.2. The number of nitro groups is 1. The van der Waals surface area contributed by atoms with Gasteiger partial charge in [-0.3, -0.25) is 10.1 Å². The molecule has 6 nitrogen and oxygen atoms in total. The first-order valence-corrected chi connectivity index (χ1v) is 7.44. The van der Waals surface area contributed by atoms with E-state index in [0.717, 1.165) is 33.6 Å². The Morgan fingerprint density at radius 1 is 1.26 bits per heavy atom. The van der Waals surface area contributed by atoms with E-state index in [1.807, 2.05) is 0 Å². The van der Waals surface area contributed by atoms with Gasteiger partial charge in [0.1, 0.15) is 0 Å². The van der Waals surface area contributed by atoms with E-state index in [0.29, 0.717) is 11.7 Å². The molecule has 1 aromatic heterocycles. The topological polar surface area (TPSA) is 90.2 Å². The highest BCUT2D eigenvalue weighted by Gasteiger charge is 2.15. The van der Waals surface area contributed by atoms with Crippen molar-refractivity contribution >= 4 is 31.4 Å². The fraction of sp³-hybridized carbons (Fsp3) is 0. The van der Waals surface area contributed by atoms with Crippen LogP contribution in [0.25, 0.3) is 10.2 Å². The first kappa shape index (κ1) is 13.4. The minimum absolute atomic E-state index is 0.0283. The molecule has 0 N–H and O–H groups in total. The molecule has 0 atom stereocenters. The van der Waals surface area contributed by atoms with E-state index in [1.54, 1.807) is 24.3 Å². The number of thiazole rings is 1. The molecule has 0 fully saturated rings. The Labute approximate surface area is 112 Å². The molecule has 1 heterocycles. The standard InChI is InChI=1S/C11H8N2O4S2/c14-13(15)7-3-4-8-19(16,17)11-12-9-5-1-2-6-10(9)18-11/h1-8H. The molecule has 0 unspecified atom stereocenters. The van der Waals surface area contributed by atoms with E-state index in [2.05, 4.69) is 4.98 Å². The summed E-state index contributed by atoms with van der Waals surface area (Å²) in [6.45, 7) is 0. The quantitative estimate of drug-likeness (QED) is 0.491. The fourth-order valence-electron chi connectivity index (χ4n) is 1.30. The molecular weight excluding hydrogens is 288 g/mol. The Morgan fingerprint density at radius 2 is 2.00 bits per heavy atom. The average molecular weight is 296 g/mol. The van der Waals surface area contributed by atoms with Gasteiger partial charge in [-0.25, -0.2) is 13.4 Å². The summed E-state index contributed by atoms with van der Waals surface area (Å²) in [6, 6.07) is 7.07. The molecule has 0 radical (unpaired) electrons. The molecule has 2 aromatic rings. The second-order valence-electron chi connectivity index (χ2n) is 3.45. The number of sulfone groups is 1. The summed E-state index contributed by atoms with van der Waals surface area (Å²) < 4.78 is 24.6. The van der Waals surface area contributed by atoms with Crippen molar-refractivity contribution in [2.45, 2.75) is 4.34 Å². The number of benzene rings is 1. The molecule has 0 saturated carbocycles. The molecule has 0 amide bonds. The number of aromatic nitrogens is 1. The van der Waals surface area contributed by atoms with Crippen LogP contribution in [-0.2, 0) is 9.84 Å². The van der Waals surface area contributed by atoms with Crippen LogP contribution in [0.2, 0.25) is 0 Å². The lowest BCUT2D eigenvalue weighted by atomic mass is 10.3. The molecule has 0 aliphatic heterocycles. The molecule has 0 aliphatic rings. The van der Waals surface area contributed by atoms with Gasteiger partial charge < -0.3 is 0 Å². The van der Waals surface area contributed by atoms with Crippen LogP contribution in [0, 0.1) is 10.1 Å². The monoisotopic (exact) mass is 296 g/mol. The first-order valence-electron chi connectivity index (χ1n) is 5.08. The number of hydrogen-bond acceptors (Lipinski definition) is 6. The minimum atomic E-state index is -3.67. The van der Waals surface area contributed by atoms with Gasteiger partial charge in [0.25, 0.3) is 0 Å². The van der Waals surface area contributed by atoms with E-state index >= 15 is 0 Å². The number of para-hydroxylation sites is 1. The zero-order chi connectivity index (χ0) is 13.9. The van der Waals surface area contributed by atoms with E-state index < -0.39 is 14.8 Å². The highest BCUT2D eigenvalue weighted by Crippen LogP contribution is 2.26. The number of fused-ring (bicyclic) bond motifs is 1. The van der Waals surface area contributed by atoms with Gasteiger partial charge in [0.05, 0.1) is 15.1 Å². The van der Waals surface area contributed by atoms with Crippen molar-refractivity contribution in [2.75, 3.05) is 0 Å². The molecule has 2 rings (SSSR count). The smallest absolute Gasteiger partial charge is 0.234 e. The number of rotatable bonds is 4. The summed E-state index contributed by atoms with van der Waals surface area (Å²) in [5.41, 5.74) is 0.611. The van der Waals surface area contributed by atoms with E-state index in [1.165, 1.54) is 0 Å². The van der Waals surface area contributed by atoms with Gasteiger partial charge in [0.2, 0.25) is 20.4 Å². The summed E-state index contributed by atoms with van der Waals surface area (Å²) in [5.74, 6) is 0. The maximum atomic E-state index is 11.9. The Morgan fingerprint density at radius 3 is 2.68 bits per heavy atom. The lowest BCUT2D eigenvalue weighted by molar-refractivity contribution is -0.402. The van der Waals surface area contributed by atoms with Crippen LogP contribution in [0.1, 0.15) is 0 Å². The van der Waals surface area contributed by atoms with Crippen LogP contribution in [-0.4, -0.2) is 18.3 Å². The Bertz CT molecular complexity index is 742. The van der Waals surface area contributed by atoms with E-state index in [9.17, 15) is 18.5 Å². The Kier molecular flexibility index (Phi) is 3.72. The predicted octanol–water partition coefficient (Wildman–Crippen LogP) is 2.37. The Balaban J connectivity index is 2.31. The van der Waals surface area contributed by atoms with Crippen molar-refractivity contribution in [1.29, 1.82) is 0 Å². The zero-order valence-electron chi connectivity index (χ0n) is 9.46. The van der Waals surface area contributed by atoms with Gasteiger partial charge in [-0.15, -0.1) is 11.3 Å². The number of hydrogen-bond donors (Lipinski definition) is 0. The van der Waals surface area contributed by atoms with Crippen molar-refractivity contribution in [2.24, 2.45) is 0 Å². The third-order valence-electron chi connectivity index (χ3n) is 2.09. The van der Waals surface area contributed by atoms with Gasteiger partial charge in [-0.1, -0.05) is 12.1 Å². The van der Waals surface area contributed by atoms with Gasteiger partial charge in [0.15, 0.2) is 0 Å². The minimum Gasteiger partial charge on any atom is -0.259 e. The zero-order valence-corrected chi connectivity index (χ0v) is 11.1. The molecular formula is C11H8N2O4S2. The van der Waals surface area contributed by atoms with Gasteiger partial charge in [0, 0.05) is 11.5 Å². The van der Waals surface area contributed by atoms with Crippen LogP contribution in [0.4, 0.5) is 0 Å². The van der Waals surface area contributed by atoms with Gasteiger partial charge in [-0.05, 0) is 18.2 Å². The van der Waals surface area contributed by atoms with Crippen LogP contribution in [0.15, 0.2) is 52.4 Å². The Hall–Kier alpha value is -2.06. The number of nitrogens with zero attached hydrogens (tertiary/aromatic N) is 2. The maximum absolute atomic E-state index is 11.9. The third kappa shape index (κ3) is 3.24. The summed E-state index contributed by atoms with van der Waals surface area (Å²) in [4.78, 5) is 13.4. The van der Waals surface area contributed by atoms with Crippen LogP contribution in [0.3, 0.4) is 0 Å². The van der Waals surface area contributed by atoms with Crippen molar-refractivity contribution in [3.63, 3.8) is 0 Å². The van der Waals surface area contributed by atoms with Crippen LogP contribution >= 0.6 is 11.3 Å². The van der Waals surface area contributed by atoms with Gasteiger partial charge >= 0.3 is 0 Å². The summed E-state index contributed by atoms with van der Waals surface area (Å²) in [5, 5.41) is 10.9. The molecule has 0 aliphatic carbocycles. The highest BCUT2D eigenvalue weighted by molar-refractivity contribution is 7.96. The second-order valence-corrected chi connectivity index (χ2v) is 6.49. The maximum Gasteiger partial charge on any atom is 0.234 e.